The maximum Gasteiger partial charge on any atom is 0.320 e. The number of benzene rings is 3. The minimum absolute atomic E-state index is 0.0443. The molecule has 0 saturated carbocycles. The molecule has 1 atom stereocenters. The predicted molar refractivity (Wildman–Crippen MR) is 206 cm³/mol. The van der Waals surface area contributed by atoms with E-state index < -0.39 is 22.5 Å². The van der Waals surface area contributed by atoms with Crippen molar-refractivity contribution in [2.75, 3.05) is 93.4 Å². The zero-order chi connectivity index (χ0) is 39.9. The summed E-state index contributed by atoms with van der Waals surface area (Å²) in [7, 11) is 4.48. The number of methoxy groups -OCH3 is 3. The Bertz CT molecular complexity index is 1830. The van der Waals surface area contributed by atoms with Gasteiger partial charge in [-0.05, 0) is 87.6 Å². The number of piperazine rings is 1. The van der Waals surface area contributed by atoms with E-state index in [0.717, 1.165) is 11.6 Å². The van der Waals surface area contributed by atoms with Gasteiger partial charge in [-0.2, -0.15) is 0 Å². The Kier molecular flexibility index (Phi) is 13.1. The Morgan fingerprint density at radius 1 is 0.750 bits per heavy atom. The molecule has 3 saturated heterocycles. The van der Waals surface area contributed by atoms with Gasteiger partial charge in [0.25, 0.3) is 5.91 Å². The molecule has 2 amide bonds. The van der Waals surface area contributed by atoms with Gasteiger partial charge < -0.3 is 28.7 Å². The van der Waals surface area contributed by atoms with Gasteiger partial charge in [-0.15, -0.1) is 0 Å². The van der Waals surface area contributed by atoms with E-state index in [1.54, 1.807) is 30.0 Å². The van der Waals surface area contributed by atoms with E-state index >= 15 is 0 Å². The molecular weight excluding hydrogens is 724 g/mol. The minimum Gasteiger partial charge on any atom is -0.493 e. The quantitative estimate of drug-likeness (QED) is 0.237. The molecule has 3 aliphatic heterocycles. The Morgan fingerprint density at radius 2 is 1.43 bits per heavy atom. The SMILES string of the molecule is CCOC(=O)CN1CCN(NC(=O)C2(c3ccccc3)CCN(CC[C@@]3(c4ccc(F)c(F)c4)CCN(C(=O)c4cc(OC)c(OC)c(OC)c4)C3)CC2)CC1. The highest BCUT2D eigenvalue weighted by Gasteiger charge is 2.46. The van der Waals surface area contributed by atoms with Gasteiger partial charge >= 0.3 is 5.97 Å². The summed E-state index contributed by atoms with van der Waals surface area (Å²) in [5.74, 6) is -1.26. The first kappa shape index (κ1) is 40.9. The maximum absolute atomic E-state index is 14.8. The van der Waals surface area contributed by atoms with Crippen molar-refractivity contribution in [1.29, 1.82) is 0 Å². The van der Waals surface area contributed by atoms with Crippen molar-refractivity contribution >= 4 is 17.8 Å². The van der Waals surface area contributed by atoms with Crippen LogP contribution in [0.5, 0.6) is 17.2 Å². The number of amides is 2. The lowest BCUT2D eigenvalue weighted by Gasteiger charge is -2.43. The number of hydrogen-bond acceptors (Lipinski definition) is 10. The molecule has 3 fully saturated rings. The fourth-order valence-electron chi connectivity index (χ4n) is 8.44. The average Bonchev–Trinajstić information content (AvgIpc) is 3.67. The van der Waals surface area contributed by atoms with Crippen LogP contribution in [-0.2, 0) is 25.2 Å². The van der Waals surface area contributed by atoms with E-state index in [4.69, 9.17) is 18.9 Å². The van der Waals surface area contributed by atoms with Crippen LogP contribution in [0.3, 0.4) is 0 Å². The van der Waals surface area contributed by atoms with Gasteiger partial charge in [0, 0.05) is 50.2 Å². The number of carbonyl (C=O) groups is 3. The molecule has 56 heavy (non-hydrogen) atoms. The molecule has 14 heteroatoms. The number of halogens is 2. The molecule has 6 rings (SSSR count). The van der Waals surface area contributed by atoms with Crippen LogP contribution in [0, 0.1) is 11.6 Å². The second-order valence-corrected chi connectivity index (χ2v) is 14.8. The zero-order valence-corrected chi connectivity index (χ0v) is 32.8. The molecule has 0 radical (unpaired) electrons. The fraction of sp³-hybridized carbons (Fsp3) is 0.500. The van der Waals surface area contributed by atoms with Crippen LogP contribution in [0.1, 0.15) is 54.1 Å². The van der Waals surface area contributed by atoms with Crippen LogP contribution >= 0.6 is 0 Å². The van der Waals surface area contributed by atoms with E-state index in [0.29, 0.717) is 120 Å². The number of hydrazine groups is 1. The average molecular weight is 778 g/mol. The lowest BCUT2D eigenvalue weighted by molar-refractivity contribution is -0.145. The van der Waals surface area contributed by atoms with Gasteiger partial charge in [0.2, 0.25) is 11.7 Å². The number of nitrogens with one attached hydrogen (secondary N) is 1. The van der Waals surface area contributed by atoms with Crippen LogP contribution in [0.4, 0.5) is 8.78 Å². The minimum atomic E-state index is -0.923. The van der Waals surface area contributed by atoms with Crippen molar-refractivity contribution < 1.29 is 42.1 Å². The van der Waals surface area contributed by atoms with E-state index in [2.05, 4.69) is 10.3 Å². The number of rotatable bonds is 14. The van der Waals surface area contributed by atoms with Crippen molar-refractivity contribution in [3.05, 3.63) is 89.0 Å². The Hall–Kier alpha value is -4.79. The first-order chi connectivity index (χ1) is 27.0. The van der Waals surface area contributed by atoms with Crippen molar-refractivity contribution in [3.8, 4) is 17.2 Å². The fourth-order valence-corrected chi connectivity index (χ4v) is 8.44. The van der Waals surface area contributed by atoms with Gasteiger partial charge in [-0.3, -0.25) is 24.7 Å². The van der Waals surface area contributed by atoms with E-state index in [1.807, 2.05) is 40.2 Å². The standard InChI is InChI=1S/C42H53F2N5O7/c1-5-56-37(50)28-47-21-23-49(24-22-47)45-40(52)42(31-9-7-6-8-10-31)15-18-46(19-16-42)17-13-41(32-11-12-33(43)34(44)27-32)14-20-48(29-41)39(51)30-25-35(53-2)38(55-4)36(26-30)54-3/h6-12,25-27H,5,13-24,28-29H2,1-4H3,(H,45,52)/t41-/m1/s1. The van der Waals surface area contributed by atoms with Gasteiger partial charge in [-0.25, -0.2) is 13.8 Å². The number of nitrogens with zero attached hydrogens (tertiary/aromatic N) is 4. The highest BCUT2D eigenvalue weighted by molar-refractivity contribution is 5.96. The molecule has 3 aliphatic rings. The third-order valence-corrected chi connectivity index (χ3v) is 11.8. The molecule has 0 aromatic heterocycles. The molecule has 1 N–H and O–H groups in total. The number of esters is 1. The first-order valence-corrected chi connectivity index (χ1v) is 19.3. The Morgan fingerprint density at radius 3 is 2.04 bits per heavy atom. The number of ether oxygens (including phenoxy) is 4. The second kappa shape index (κ2) is 18.0. The number of carbonyl (C=O) groups excluding carboxylic acids is 3. The summed E-state index contributed by atoms with van der Waals surface area (Å²) in [5.41, 5.74) is 3.82. The van der Waals surface area contributed by atoms with Crippen molar-refractivity contribution in [2.45, 2.75) is 43.4 Å². The predicted octanol–water partition coefficient (Wildman–Crippen LogP) is 4.41. The molecule has 12 nitrogen and oxygen atoms in total. The van der Waals surface area contributed by atoms with E-state index in [-0.39, 0.29) is 24.3 Å². The lowest BCUT2D eigenvalue weighted by atomic mass is 9.71. The largest absolute Gasteiger partial charge is 0.493 e. The summed E-state index contributed by atoms with van der Waals surface area (Å²) in [6.45, 7) is 7.49. The normalized spacial score (nSPS) is 20.4. The Labute approximate surface area is 327 Å². The molecule has 3 heterocycles. The highest BCUT2D eigenvalue weighted by Crippen LogP contribution is 2.43. The van der Waals surface area contributed by atoms with Crippen LogP contribution in [0.2, 0.25) is 0 Å². The van der Waals surface area contributed by atoms with E-state index in [9.17, 15) is 23.2 Å². The summed E-state index contributed by atoms with van der Waals surface area (Å²) >= 11 is 0. The van der Waals surface area contributed by atoms with Gasteiger partial charge in [0.05, 0.1) is 39.9 Å². The molecule has 0 bridgehead atoms. The molecule has 0 unspecified atom stereocenters. The number of hydrogen-bond donors (Lipinski definition) is 1. The topological polar surface area (TPSA) is 113 Å². The number of likely N-dealkylation sites (tertiary alicyclic amines) is 2. The monoisotopic (exact) mass is 777 g/mol. The van der Waals surface area contributed by atoms with Crippen molar-refractivity contribution in [2.24, 2.45) is 0 Å². The zero-order valence-electron chi connectivity index (χ0n) is 32.8. The Balaban J connectivity index is 1.15. The van der Waals surface area contributed by atoms with Crippen molar-refractivity contribution in [1.82, 2.24) is 25.1 Å². The summed E-state index contributed by atoms with van der Waals surface area (Å²) in [6.07, 6.45) is 2.34. The second-order valence-electron chi connectivity index (χ2n) is 14.8. The van der Waals surface area contributed by atoms with Gasteiger partial charge in [0.1, 0.15) is 0 Å². The third kappa shape index (κ3) is 8.77. The summed E-state index contributed by atoms with van der Waals surface area (Å²) in [4.78, 5) is 46.3. The van der Waals surface area contributed by atoms with Gasteiger partial charge in [0.15, 0.2) is 23.1 Å². The molecule has 3 aromatic carbocycles. The van der Waals surface area contributed by atoms with Crippen LogP contribution < -0.4 is 19.6 Å². The molecule has 0 spiro atoms. The summed E-state index contributed by atoms with van der Waals surface area (Å²) in [5, 5.41) is 1.94. The molecule has 302 valence electrons. The number of piperidine rings is 1. The molecule has 3 aromatic rings. The van der Waals surface area contributed by atoms with Crippen molar-refractivity contribution in [3.63, 3.8) is 0 Å². The molecular formula is C42H53F2N5O7. The van der Waals surface area contributed by atoms with Crippen LogP contribution in [0.15, 0.2) is 60.7 Å². The maximum atomic E-state index is 14.8. The third-order valence-electron chi connectivity index (χ3n) is 11.8. The van der Waals surface area contributed by atoms with Crippen LogP contribution in [0.25, 0.3) is 0 Å². The van der Waals surface area contributed by atoms with Crippen LogP contribution in [-0.4, -0.2) is 131 Å². The molecule has 0 aliphatic carbocycles. The first-order valence-electron chi connectivity index (χ1n) is 19.3. The van der Waals surface area contributed by atoms with Gasteiger partial charge in [-0.1, -0.05) is 36.4 Å². The summed E-state index contributed by atoms with van der Waals surface area (Å²) in [6, 6.07) is 17.2. The lowest BCUT2D eigenvalue weighted by Crippen LogP contribution is -2.59. The smallest absolute Gasteiger partial charge is 0.320 e. The highest BCUT2D eigenvalue weighted by atomic mass is 19.2. The summed E-state index contributed by atoms with van der Waals surface area (Å²) < 4.78 is 50.5. The van der Waals surface area contributed by atoms with E-state index in [1.165, 1.54) is 27.4 Å².